The Hall–Kier alpha value is -3.06. The average Bonchev–Trinajstić information content (AvgIpc) is 3.72. The Bertz CT molecular complexity index is 1270. The number of nitrogens with zero attached hydrogens (tertiary/aromatic N) is 3. The van der Waals surface area contributed by atoms with Gasteiger partial charge in [-0.3, -0.25) is 15.0 Å². The van der Waals surface area contributed by atoms with Gasteiger partial charge >= 0.3 is 0 Å². The highest BCUT2D eigenvalue weighted by Crippen LogP contribution is 2.36. The summed E-state index contributed by atoms with van der Waals surface area (Å²) < 4.78 is 21.7. The standard InChI is InChI=1S/C27H31N5O4S2/c1-30-28-22(18-31(30)24(27(33)29-34)17-19-10-12-21(36-2)13-11-19)23-9-6-16-32(23)38(35)26-15-14-25(37-26)20-7-4-3-5-8-20/h3-5,7-8,10-15,18,23-24,28,34H,6,9,16-17H2,1-2H3,(H,29,33)/t23-,24-,38?/m0/s1. The van der Waals surface area contributed by atoms with Crippen LogP contribution in [0, 0.1) is 0 Å². The van der Waals surface area contributed by atoms with Crippen LogP contribution >= 0.6 is 11.3 Å². The molecule has 3 aromatic rings. The quantitative estimate of drug-likeness (QED) is 0.210. The number of carbonyl (C=O) groups excluding carboxylic acids is 1. The number of hydrazine groups is 2. The molecule has 2 aliphatic rings. The minimum absolute atomic E-state index is 0.0932. The molecule has 0 spiro atoms. The van der Waals surface area contributed by atoms with Crippen molar-refractivity contribution >= 4 is 28.6 Å². The van der Waals surface area contributed by atoms with Crippen molar-refractivity contribution in [2.45, 2.75) is 35.6 Å². The van der Waals surface area contributed by atoms with Gasteiger partial charge in [-0.25, -0.2) is 5.48 Å². The second-order valence-corrected chi connectivity index (χ2v) is 11.9. The van der Waals surface area contributed by atoms with E-state index in [1.54, 1.807) is 28.6 Å². The third kappa shape index (κ3) is 5.53. The Balaban J connectivity index is 1.34. The molecule has 0 bridgehead atoms. The zero-order valence-corrected chi connectivity index (χ0v) is 22.9. The normalized spacial score (nSPS) is 19.6. The molecule has 1 unspecified atom stereocenters. The lowest BCUT2D eigenvalue weighted by molar-refractivity contribution is -0.140. The Morgan fingerprint density at radius 1 is 1.21 bits per heavy atom. The van der Waals surface area contributed by atoms with E-state index < -0.39 is 23.3 Å². The number of hydrogen-bond acceptors (Lipinski definition) is 9. The fourth-order valence-electron chi connectivity index (χ4n) is 4.86. The molecule has 0 saturated carbocycles. The van der Waals surface area contributed by atoms with Gasteiger partial charge in [0.1, 0.15) is 11.8 Å². The molecule has 3 atom stereocenters. The van der Waals surface area contributed by atoms with Crippen LogP contribution in [0.25, 0.3) is 10.4 Å². The van der Waals surface area contributed by atoms with Gasteiger partial charge in [0.25, 0.3) is 5.91 Å². The summed E-state index contributed by atoms with van der Waals surface area (Å²) in [5.41, 5.74) is 8.05. The van der Waals surface area contributed by atoms with Crippen molar-refractivity contribution < 1.29 is 19.3 Å². The number of ether oxygens (including phenoxy) is 1. The summed E-state index contributed by atoms with van der Waals surface area (Å²) in [5, 5.41) is 13.0. The summed E-state index contributed by atoms with van der Waals surface area (Å²) >= 11 is 0.237. The SMILES string of the molecule is COc1ccc(C[C@@H](C(=O)NO)N2C=C([C@@H]3CCCN3[S+]([O-])c3ccc(-c4ccccc4)s3)NN2C)cc1. The second-order valence-electron chi connectivity index (χ2n) is 9.18. The van der Waals surface area contributed by atoms with Gasteiger partial charge in [0.15, 0.2) is 0 Å². The summed E-state index contributed by atoms with van der Waals surface area (Å²) in [5.74, 6) is 0.209. The van der Waals surface area contributed by atoms with Crippen molar-refractivity contribution in [2.24, 2.45) is 0 Å². The predicted octanol–water partition coefficient (Wildman–Crippen LogP) is 3.54. The molecule has 38 heavy (non-hydrogen) atoms. The van der Waals surface area contributed by atoms with Crippen LogP contribution in [0.2, 0.25) is 0 Å². The first-order valence-electron chi connectivity index (χ1n) is 12.4. The van der Waals surface area contributed by atoms with Crippen molar-refractivity contribution in [2.75, 3.05) is 20.7 Å². The van der Waals surface area contributed by atoms with E-state index in [4.69, 9.17) is 4.74 Å². The maximum Gasteiger partial charge on any atom is 0.268 e. The number of carbonyl (C=O) groups is 1. The first-order chi connectivity index (χ1) is 18.5. The molecule has 3 N–H and O–H groups in total. The number of amides is 1. The highest BCUT2D eigenvalue weighted by atomic mass is 32.2. The lowest BCUT2D eigenvalue weighted by Gasteiger charge is -2.31. The first kappa shape index (κ1) is 26.5. The Morgan fingerprint density at radius 3 is 2.68 bits per heavy atom. The van der Waals surface area contributed by atoms with E-state index in [0.29, 0.717) is 13.0 Å². The topological polar surface area (TPSA) is 103 Å². The number of methoxy groups -OCH3 is 1. The largest absolute Gasteiger partial charge is 0.592 e. The summed E-state index contributed by atoms with van der Waals surface area (Å²) in [4.78, 5) is 13.8. The highest BCUT2D eigenvalue weighted by Gasteiger charge is 2.42. The van der Waals surface area contributed by atoms with Crippen molar-refractivity contribution in [3.63, 3.8) is 0 Å². The monoisotopic (exact) mass is 553 g/mol. The molecule has 1 fully saturated rings. The van der Waals surface area contributed by atoms with Crippen LogP contribution in [0.5, 0.6) is 5.75 Å². The van der Waals surface area contributed by atoms with Gasteiger partial charge in [0.05, 0.1) is 30.2 Å². The van der Waals surface area contributed by atoms with Gasteiger partial charge in [-0.15, -0.1) is 9.42 Å². The van der Waals surface area contributed by atoms with Crippen LogP contribution in [-0.2, 0) is 22.6 Å². The molecular formula is C27H31N5O4S2. The molecule has 2 aliphatic heterocycles. The minimum atomic E-state index is -1.31. The van der Waals surface area contributed by atoms with E-state index in [0.717, 1.165) is 44.5 Å². The predicted molar refractivity (Wildman–Crippen MR) is 147 cm³/mol. The molecule has 9 nitrogen and oxygen atoms in total. The van der Waals surface area contributed by atoms with Gasteiger partial charge < -0.3 is 14.7 Å². The fraction of sp³-hybridized carbons (Fsp3) is 0.296. The van der Waals surface area contributed by atoms with Crippen LogP contribution in [0.15, 0.2) is 82.8 Å². The number of thiophene rings is 1. The van der Waals surface area contributed by atoms with Crippen molar-refractivity contribution in [3.8, 4) is 16.2 Å². The summed E-state index contributed by atoms with van der Waals surface area (Å²) in [6, 6.07) is 20.8. The lowest BCUT2D eigenvalue weighted by atomic mass is 10.0. The van der Waals surface area contributed by atoms with E-state index in [9.17, 15) is 14.6 Å². The average molecular weight is 554 g/mol. The summed E-state index contributed by atoms with van der Waals surface area (Å²) in [7, 11) is 3.42. The van der Waals surface area contributed by atoms with Crippen LogP contribution in [0.4, 0.5) is 0 Å². The number of benzene rings is 2. The van der Waals surface area contributed by atoms with Gasteiger partial charge in [-0.1, -0.05) is 53.8 Å². The van der Waals surface area contributed by atoms with E-state index in [1.807, 2.05) is 77.6 Å². The molecule has 0 radical (unpaired) electrons. The molecule has 2 aromatic carbocycles. The molecule has 1 aromatic heterocycles. The van der Waals surface area contributed by atoms with Crippen LogP contribution < -0.4 is 15.6 Å². The molecule has 0 aliphatic carbocycles. The third-order valence-electron chi connectivity index (χ3n) is 6.82. The maximum atomic E-state index is 13.7. The zero-order valence-electron chi connectivity index (χ0n) is 21.2. The highest BCUT2D eigenvalue weighted by molar-refractivity contribution is 7.91. The van der Waals surface area contributed by atoms with E-state index in [2.05, 4.69) is 17.6 Å². The minimum Gasteiger partial charge on any atom is -0.592 e. The van der Waals surface area contributed by atoms with Crippen molar-refractivity contribution in [1.29, 1.82) is 0 Å². The molecule has 1 amide bonds. The smallest absolute Gasteiger partial charge is 0.268 e. The van der Waals surface area contributed by atoms with Crippen LogP contribution in [-0.4, -0.2) is 62.9 Å². The van der Waals surface area contributed by atoms with Crippen molar-refractivity contribution in [1.82, 2.24) is 25.3 Å². The second kappa shape index (κ2) is 11.8. The molecule has 1 saturated heterocycles. The Labute approximate surface area is 229 Å². The van der Waals surface area contributed by atoms with Gasteiger partial charge in [0, 0.05) is 37.2 Å². The first-order valence-corrected chi connectivity index (χ1v) is 14.3. The Morgan fingerprint density at radius 2 is 1.97 bits per heavy atom. The van der Waals surface area contributed by atoms with Crippen molar-refractivity contribution in [3.05, 3.63) is 84.2 Å². The van der Waals surface area contributed by atoms with Gasteiger partial charge in [-0.2, -0.15) is 0 Å². The van der Waals surface area contributed by atoms with Crippen LogP contribution in [0.1, 0.15) is 18.4 Å². The number of hydroxylamine groups is 1. The van der Waals surface area contributed by atoms with E-state index in [1.165, 1.54) is 0 Å². The van der Waals surface area contributed by atoms with E-state index in [-0.39, 0.29) is 6.04 Å². The van der Waals surface area contributed by atoms with Crippen LogP contribution in [0.3, 0.4) is 0 Å². The zero-order chi connectivity index (χ0) is 26.6. The molecule has 5 rings (SSSR count). The lowest BCUT2D eigenvalue weighted by Crippen LogP contribution is -2.52. The van der Waals surface area contributed by atoms with E-state index >= 15 is 0 Å². The number of rotatable bonds is 9. The number of nitrogens with one attached hydrogen (secondary N) is 2. The summed E-state index contributed by atoms with van der Waals surface area (Å²) in [6.07, 6.45) is 4.01. The molecule has 3 heterocycles. The van der Waals surface area contributed by atoms with Gasteiger partial charge in [0.2, 0.25) is 4.21 Å². The third-order valence-corrected chi connectivity index (χ3v) is 9.77. The fourth-order valence-corrected chi connectivity index (χ4v) is 7.61. The molecule has 200 valence electrons. The molecular weight excluding hydrogens is 522 g/mol. The summed E-state index contributed by atoms with van der Waals surface area (Å²) in [6.45, 7) is 0.713. The van der Waals surface area contributed by atoms with Gasteiger partial charge in [-0.05, 0) is 42.2 Å². The number of hydrogen-bond donors (Lipinski definition) is 3. The molecule has 11 heteroatoms. The maximum absolute atomic E-state index is 13.7. The Kier molecular flexibility index (Phi) is 8.22.